The molecule has 1 aromatic rings. The van der Waals surface area contributed by atoms with Gasteiger partial charge in [-0.2, -0.15) is 0 Å². The lowest BCUT2D eigenvalue weighted by Crippen LogP contribution is -2.31. The van der Waals surface area contributed by atoms with Crippen LogP contribution in [0.5, 0.6) is 0 Å². The Morgan fingerprint density at radius 3 is 3.00 bits per heavy atom. The fraction of sp³-hybridized carbons (Fsp3) is 0.526. The van der Waals surface area contributed by atoms with Crippen LogP contribution in [-0.2, 0) is 22.5 Å². The summed E-state index contributed by atoms with van der Waals surface area (Å²) < 4.78 is 5.09. The van der Waals surface area contributed by atoms with Crippen LogP contribution in [0.15, 0.2) is 30.9 Å². The van der Waals surface area contributed by atoms with E-state index in [0.29, 0.717) is 19.7 Å². The minimum Gasteiger partial charge on any atom is -0.385 e. The summed E-state index contributed by atoms with van der Waals surface area (Å²) in [5.41, 5.74) is 3.94. The van der Waals surface area contributed by atoms with E-state index in [2.05, 4.69) is 36.6 Å². The summed E-state index contributed by atoms with van der Waals surface area (Å²) >= 11 is 0. The first-order valence-electron chi connectivity index (χ1n) is 8.46. The maximum Gasteiger partial charge on any atom is 0.246 e. The molecule has 4 nitrogen and oxygen atoms in total. The molecule has 1 aliphatic rings. The fourth-order valence-electron chi connectivity index (χ4n) is 3.17. The third kappa shape index (κ3) is 4.58. The second kappa shape index (κ2) is 8.73. The molecule has 0 N–H and O–H groups in total. The van der Waals surface area contributed by atoms with E-state index >= 15 is 0 Å². The zero-order valence-corrected chi connectivity index (χ0v) is 14.4. The van der Waals surface area contributed by atoms with Gasteiger partial charge in [0.2, 0.25) is 5.91 Å². The molecular weight excluding hydrogens is 288 g/mol. The number of hydrogen-bond donors (Lipinski definition) is 0. The molecule has 1 amide bonds. The highest BCUT2D eigenvalue weighted by molar-refractivity contribution is 5.87. The highest BCUT2D eigenvalue weighted by Gasteiger charge is 2.17. The number of nitrogens with zero attached hydrogens (tertiary/aromatic N) is 2. The molecule has 0 bridgehead atoms. The van der Waals surface area contributed by atoms with Crippen LogP contribution in [0.1, 0.15) is 30.9 Å². The molecule has 1 heterocycles. The van der Waals surface area contributed by atoms with Crippen molar-refractivity contribution >= 4 is 11.6 Å². The topological polar surface area (TPSA) is 32.8 Å². The first-order chi connectivity index (χ1) is 11.2. The number of carbonyl (C=O) groups excluding carboxylic acids is 1. The second-order valence-corrected chi connectivity index (χ2v) is 5.96. The molecule has 0 fully saturated rings. The smallest absolute Gasteiger partial charge is 0.246 e. The minimum absolute atomic E-state index is 0.0194. The minimum atomic E-state index is -0.0194. The number of aryl methyl sites for hydroxylation is 1. The Balaban J connectivity index is 2.10. The molecule has 0 spiro atoms. The van der Waals surface area contributed by atoms with E-state index in [4.69, 9.17) is 4.74 Å². The van der Waals surface area contributed by atoms with Crippen molar-refractivity contribution in [3.05, 3.63) is 42.0 Å². The number of methoxy groups -OCH3 is 1. The van der Waals surface area contributed by atoms with Crippen molar-refractivity contribution in [3.63, 3.8) is 0 Å². The maximum atomic E-state index is 12.1. The zero-order chi connectivity index (χ0) is 16.7. The van der Waals surface area contributed by atoms with E-state index in [1.165, 1.54) is 29.3 Å². The highest BCUT2D eigenvalue weighted by atomic mass is 16.5. The Morgan fingerprint density at radius 2 is 2.30 bits per heavy atom. The quantitative estimate of drug-likeness (QED) is 0.546. The van der Waals surface area contributed by atoms with Crippen LogP contribution in [-0.4, -0.2) is 44.2 Å². The SMILES string of the molecule is C=CC(=O)N(CCCOC)Cc1ccc2c(c1)CCCN2CC. The van der Waals surface area contributed by atoms with Crippen molar-refractivity contribution < 1.29 is 9.53 Å². The van der Waals surface area contributed by atoms with Crippen molar-refractivity contribution in [2.75, 3.05) is 38.3 Å². The van der Waals surface area contributed by atoms with Crippen molar-refractivity contribution in [2.24, 2.45) is 0 Å². The van der Waals surface area contributed by atoms with E-state index in [1.807, 2.05) is 4.90 Å². The van der Waals surface area contributed by atoms with Gasteiger partial charge in [-0.15, -0.1) is 0 Å². The summed E-state index contributed by atoms with van der Waals surface area (Å²) in [6.45, 7) is 9.98. The number of carbonyl (C=O) groups is 1. The van der Waals surface area contributed by atoms with Gasteiger partial charge in [-0.3, -0.25) is 4.79 Å². The molecule has 23 heavy (non-hydrogen) atoms. The predicted octanol–water partition coefficient (Wildman–Crippen LogP) is 3.01. The lowest BCUT2D eigenvalue weighted by atomic mass is 9.99. The predicted molar refractivity (Wildman–Crippen MR) is 94.8 cm³/mol. The van der Waals surface area contributed by atoms with Crippen molar-refractivity contribution in [3.8, 4) is 0 Å². The summed E-state index contributed by atoms with van der Waals surface area (Å²) in [5, 5.41) is 0. The Hall–Kier alpha value is -1.81. The third-order valence-electron chi connectivity index (χ3n) is 4.38. The first-order valence-corrected chi connectivity index (χ1v) is 8.46. The van der Waals surface area contributed by atoms with Gasteiger partial charge in [0.1, 0.15) is 0 Å². The zero-order valence-electron chi connectivity index (χ0n) is 14.4. The van der Waals surface area contributed by atoms with Gasteiger partial charge in [-0.25, -0.2) is 0 Å². The molecule has 1 aromatic carbocycles. The maximum absolute atomic E-state index is 12.1. The first kappa shape index (κ1) is 17.5. The molecule has 0 aliphatic carbocycles. The van der Waals surface area contributed by atoms with Gasteiger partial charge in [-0.1, -0.05) is 18.7 Å². The normalized spacial score (nSPS) is 13.6. The lowest BCUT2D eigenvalue weighted by Gasteiger charge is -2.31. The molecule has 4 heteroatoms. The summed E-state index contributed by atoms with van der Waals surface area (Å²) in [6.07, 6.45) is 4.56. The monoisotopic (exact) mass is 316 g/mol. The second-order valence-electron chi connectivity index (χ2n) is 5.96. The van der Waals surface area contributed by atoms with Gasteiger partial charge < -0.3 is 14.5 Å². The molecule has 2 rings (SSSR count). The summed E-state index contributed by atoms with van der Waals surface area (Å²) in [4.78, 5) is 16.3. The van der Waals surface area contributed by atoms with Crippen LogP contribution in [0.3, 0.4) is 0 Å². The van der Waals surface area contributed by atoms with Crippen LogP contribution in [0.4, 0.5) is 5.69 Å². The summed E-state index contributed by atoms with van der Waals surface area (Å²) in [5.74, 6) is -0.0194. The molecular formula is C19H28N2O2. The Labute approximate surface area is 139 Å². The van der Waals surface area contributed by atoms with Crippen LogP contribution in [0.25, 0.3) is 0 Å². The van der Waals surface area contributed by atoms with Crippen molar-refractivity contribution in [1.29, 1.82) is 0 Å². The van der Waals surface area contributed by atoms with E-state index in [0.717, 1.165) is 25.9 Å². The number of rotatable bonds is 8. The number of amides is 1. The lowest BCUT2D eigenvalue weighted by molar-refractivity contribution is -0.126. The van der Waals surface area contributed by atoms with Crippen molar-refractivity contribution in [2.45, 2.75) is 32.7 Å². The molecule has 1 aliphatic heterocycles. The van der Waals surface area contributed by atoms with Crippen LogP contribution >= 0.6 is 0 Å². The van der Waals surface area contributed by atoms with E-state index in [-0.39, 0.29) is 5.91 Å². The van der Waals surface area contributed by atoms with Gasteiger partial charge in [0.15, 0.2) is 0 Å². The average molecular weight is 316 g/mol. The Kier molecular flexibility index (Phi) is 6.66. The molecule has 126 valence electrons. The van der Waals surface area contributed by atoms with Gasteiger partial charge in [-0.05, 0) is 49.5 Å². The van der Waals surface area contributed by atoms with Crippen molar-refractivity contribution in [1.82, 2.24) is 4.90 Å². The molecule has 0 saturated carbocycles. The number of hydrogen-bond acceptors (Lipinski definition) is 3. The van der Waals surface area contributed by atoms with Gasteiger partial charge >= 0.3 is 0 Å². The van der Waals surface area contributed by atoms with Gasteiger partial charge in [0, 0.05) is 45.6 Å². The number of fused-ring (bicyclic) bond motifs is 1. The third-order valence-corrected chi connectivity index (χ3v) is 4.38. The Morgan fingerprint density at radius 1 is 1.48 bits per heavy atom. The Bertz CT molecular complexity index is 542. The van der Waals surface area contributed by atoms with Crippen LogP contribution in [0.2, 0.25) is 0 Å². The summed E-state index contributed by atoms with van der Waals surface area (Å²) in [6, 6.07) is 6.61. The van der Waals surface area contributed by atoms with Gasteiger partial charge in [0.05, 0.1) is 0 Å². The largest absolute Gasteiger partial charge is 0.385 e. The molecule has 0 atom stereocenters. The van der Waals surface area contributed by atoms with Crippen LogP contribution < -0.4 is 4.90 Å². The molecule has 0 unspecified atom stereocenters. The van der Waals surface area contributed by atoms with E-state index in [9.17, 15) is 4.79 Å². The van der Waals surface area contributed by atoms with Crippen LogP contribution in [0, 0.1) is 0 Å². The average Bonchev–Trinajstić information content (AvgIpc) is 2.59. The number of ether oxygens (including phenoxy) is 1. The highest BCUT2D eigenvalue weighted by Crippen LogP contribution is 2.28. The van der Waals surface area contributed by atoms with E-state index < -0.39 is 0 Å². The summed E-state index contributed by atoms with van der Waals surface area (Å²) in [7, 11) is 1.68. The molecule has 0 aromatic heterocycles. The number of anilines is 1. The standard InChI is InChI=1S/C19H28N2O2/c1-4-19(22)21(12-7-13-23-3)15-16-9-10-18-17(14-16)8-6-11-20(18)5-2/h4,9-10,14H,1,5-8,11-13,15H2,2-3H3. The van der Waals surface area contributed by atoms with Gasteiger partial charge in [0.25, 0.3) is 0 Å². The fourth-order valence-corrected chi connectivity index (χ4v) is 3.17. The van der Waals surface area contributed by atoms with E-state index in [1.54, 1.807) is 7.11 Å². The molecule has 0 radical (unpaired) electrons. The number of benzene rings is 1. The molecule has 0 saturated heterocycles.